The molecule has 0 radical (unpaired) electrons. The molecule has 2 heteroatoms. The molecule has 2 rings (SSSR count). The minimum atomic E-state index is -0.0473. The molecule has 1 saturated carbocycles. The summed E-state index contributed by atoms with van der Waals surface area (Å²) in [5.74, 6) is 1.71. The third kappa shape index (κ3) is 4.36. The predicted molar refractivity (Wildman–Crippen MR) is 74.4 cm³/mol. The van der Waals surface area contributed by atoms with Gasteiger partial charge in [0.2, 0.25) is 0 Å². The third-order valence-electron chi connectivity index (χ3n) is 3.60. The molecule has 0 bridgehead atoms. The van der Waals surface area contributed by atoms with Crippen LogP contribution in [0.25, 0.3) is 0 Å². The molecule has 1 fully saturated rings. The molecule has 0 spiro atoms. The van der Waals surface area contributed by atoms with E-state index in [4.69, 9.17) is 0 Å². The average molecular weight is 250 g/mol. The summed E-state index contributed by atoms with van der Waals surface area (Å²) in [7, 11) is 0. The first-order valence-corrected chi connectivity index (χ1v) is 7.71. The molecule has 0 saturated heterocycles. The molecule has 94 valence electrons. The van der Waals surface area contributed by atoms with E-state index < -0.39 is 0 Å². The summed E-state index contributed by atoms with van der Waals surface area (Å²) in [6.45, 7) is 0. The minimum absolute atomic E-state index is 0.0473. The van der Waals surface area contributed by atoms with E-state index in [1.54, 1.807) is 0 Å². The number of hydrogen-bond donors (Lipinski definition) is 1. The van der Waals surface area contributed by atoms with Gasteiger partial charge < -0.3 is 5.11 Å². The highest BCUT2D eigenvalue weighted by atomic mass is 32.2. The summed E-state index contributed by atoms with van der Waals surface area (Å²) in [6.07, 6.45) is 7.18. The Labute approximate surface area is 109 Å². The molecule has 0 aromatic heterocycles. The Kier molecular flexibility index (Phi) is 5.40. The molecule has 0 heterocycles. The molecule has 0 aliphatic heterocycles. The zero-order chi connectivity index (χ0) is 11.9. The second-order valence-corrected chi connectivity index (χ2v) is 6.08. The standard InChI is InChI=1S/C15H22OS/c16-15(13-7-4-5-8-13)11-6-12-17-14-9-2-1-3-10-14/h1-3,9-10,13,15-16H,4-8,11-12H2. The van der Waals surface area contributed by atoms with Crippen molar-refractivity contribution in [3.63, 3.8) is 0 Å². The quantitative estimate of drug-likeness (QED) is 0.605. The van der Waals surface area contributed by atoms with Crippen molar-refractivity contribution in [1.82, 2.24) is 0 Å². The molecule has 1 aliphatic carbocycles. The summed E-state index contributed by atoms with van der Waals surface area (Å²) >= 11 is 1.89. The number of aliphatic hydroxyl groups is 1. The van der Waals surface area contributed by atoms with Crippen molar-refractivity contribution in [2.75, 3.05) is 5.75 Å². The smallest absolute Gasteiger partial charge is 0.0568 e. The monoisotopic (exact) mass is 250 g/mol. The maximum absolute atomic E-state index is 10.0. The van der Waals surface area contributed by atoms with E-state index in [1.165, 1.54) is 30.6 Å². The first-order chi connectivity index (χ1) is 8.36. The lowest BCUT2D eigenvalue weighted by molar-refractivity contribution is 0.101. The van der Waals surface area contributed by atoms with Gasteiger partial charge in [-0.1, -0.05) is 31.0 Å². The number of hydrogen-bond acceptors (Lipinski definition) is 2. The summed E-state index contributed by atoms with van der Waals surface area (Å²) in [5, 5.41) is 10.0. The van der Waals surface area contributed by atoms with Gasteiger partial charge in [0.05, 0.1) is 6.10 Å². The van der Waals surface area contributed by atoms with Gasteiger partial charge in [-0.05, 0) is 49.5 Å². The fourth-order valence-electron chi connectivity index (χ4n) is 2.58. The number of rotatable bonds is 6. The van der Waals surface area contributed by atoms with E-state index in [9.17, 15) is 5.11 Å². The summed E-state index contributed by atoms with van der Waals surface area (Å²) < 4.78 is 0. The van der Waals surface area contributed by atoms with Crippen LogP contribution >= 0.6 is 11.8 Å². The first kappa shape index (κ1) is 13.0. The van der Waals surface area contributed by atoms with Crippen LogP contribution in [0.3, 0.4) is 0 Å². The van der Waals surface area contributed by atoms with E-state index in [0.717, 1.165) is 18.6 Å². The number of thioether (sulfide) groups is 1. The molecule has 1 N–H and O–H groups in total. The van der Waals surface area contributed by atoms with E-state index >= 15 is 0 Å². The summed E-state index contributed by atoms with van der Waals surface area (Å²) in [4.78, 5) is 1.34. The maximum Gasteiger partial charge on any atom is 0.0568 e. The van der Waals surface area contributed by atoms with Crippen molar-refractivity contribution >= 4 is 11.8 Å². The van der Waals surface area contributed by atoms with Gasteiger partial charge in [-0.2, -0.15) is 0 Å². The predicted octanol–water partition coefficient (Wildman–Crippen LogP) is 4.11. The summed E-state index contributed by atoms with van der Waals surface area (Å²) in [5.41, 5.74) is 0. The highest BCUT2D eigenvalue weighted by molar-refractivity contribution is 7.99. The van der Waals surface area contributed by atoms with Gasteiger partial charge in [-0.25, -0.2) is 0 Å². The Balaban J connectivity index is 1.59. The Morgan fingerprint density at radius 1 is 1.18 bits per heavy atom. The van der Waals surface area contributed by atoms with Gasteiger partial charge >= 0.3 is 0 Å². The fourth-order valence-corrected chi connectivity index (χ4v) is 3.47. The lowest BCUT2D eigenvalue weighted by atomic mass is 9.97. The molecular formula is C15H22OS. The second-order valence-electron chi connectivity index (χ2n) is 4.92. The van der Waals surface area contributed by atoms with E-state index in [1.807, 2.05) is 17.8 Å². The average Bonchev–Trinajstić information content (AvgIpc) is 2.89. The van der Waals surface area contributed by atoms with Crippen molar-refractivity contribution in [3.05, 3.63) is 30.3 Å². The zero-order valence-corrected chi connectivity index (χ0v) is 11.2. The van der Waals surface area contributed by atoms with Crippen molar-refractivity contribution in [2.45, 2.75) is 49.5 Å². The van der Waals surface area contributed by atoms with Crippen LogP contribution in [-0.4, -0.2) is 17.0 Å². The molecule has 0 amide bonds. The van der Waals surface area contributed by atoms with E-state index in [2.05, 4.69) is 24.3 Å². The molecule has 1 atom stereocenters. The van der Waals surface area contributed by atoms with Crippen LogP contribution in [0.2, 0.25) is 0 Å². The number of aliphatic hydroxyl groups excluding tert-OH is 1. The Hall–Kier alpha value is -0.470. The van der Waals surface area contributed by atoms with Gasteiger partial charge in [0.1, 0.15) is 0 Å². The largest absolute Gasteiger partial charge is 0.393 e. The number of benzene rings is 1. The molecule has 1 aromatic rings. The van der Waals surface area contributed by atoms with Gasteiger partial charge in [0.25, 0.3) is 0 Å². The van der Waals surface area contributed by atoms with Crippen LogP contribution < -0.4 is 0 Å². The first-order valence-electron chi connectivity index (χ1n) is 6.72. The van der Waals surface area contributed by atoms with Gasteiger partial charge in [-0.15, -0.1) is 11.8 Å². The highest BCUT2D eigenvalue weighted by Gasteiger charge is 2.22. The SMILES string of the molecule is OC(CCCSc1ccccc1)C1CCCC1. The lowest BCUT2D eigenvalue weighted by Crippen LogP contribution is -2.17. The van der Waals surface area contributed by atoms with Crippen LogP contribution in [0.15, 0.2) is 35.2 Å². The molecule has 1 unspecified atom stereocenters. The molecule has 1 aromatic carbocycles. The zero-order valence-electron chi connectivity index (χ0n) is 10.3. The van der Waals surface area contributed by atoms with Crippen molar-refractivity contribution < 1.29 is 5.11 Å². The van der Waals surface area contributed by atoms with Crippen molar-refractivity contribution in [2.24, 2.45) is 5.92 Å². The summed E-state index contributed by atoms with van der Waals surface area (Å²) in [6, 6.07) is 10.5. The maximum atomic E-state index is 10.0. The highest BCUT2D eigenvalue weighted by Crippen LogP contribution is 2.30. The topological polar surface area (TPSA) is 20.2 Å². The van der Waals surface area contributed by atoms with Gasteiger partial charge in [0, 0.05) is 4.90 Å². The molecule has 1 aliphatic rings. The normalized spacial score (nSPS) is 18.4. The lowest BCUT2D eigenvalue weighted by Gasteiger charge is -2.17. The minimum Gasteiger partial charge on any atom is -0.393 e. The fraction of sp³-hybridized carbons (Fsp3) is 0.600. The molecule has 17 heavy (non-hydrogen) atoms. The van der Waals surface area contributed by atoms with Crippen molar-refractivity contribution in [1.29, 1.82) is 0 Å². The molecular weight excluding hydrogens is 228 g/mol. The van der Waals surface area contributed by atoms with Crippen molar-refractivity contribution in [3.8, 4) is 0 Å². The Morgan fingerprint density at radius 3 is 2.59 bits per heavy atom. The van der Waals surface area contributed by atoms with E-state index in [-0.39, 0.29) is 6.10 Å². The molecule has 1 nitrogen and oxygen atoms in total. The van der Waals surface area contributed by atoms with E-state index in [0.29, 0.717) is 5.92 Å². The van der Waals surface area contributed by atoms with Crippen LogP contribution in [0.1, 0.15) is 38.5 Å². The Morgan fingerprint density at radius 2 is 1.88 bits per heavy atom. The van der Waals surface area contributed by atoms with Gasteiger partial charge in [-0.3, -0.25) is 0 Å². The van der Waals surface area contributed by atoms with Crippen LogP contribution in [0.4, 0.5) is 0 Å². The van der Waals surface area contributed by atoms with Crippen LogP contribution in [0, 0.1) is 5.92 Å². The second kappa shape index (κ2) is 7.07. The van der Waals surface area contributed by atoms with Gasteiger partial charge in [0.15, 0.2) is 0 Å². The van der Waals surface area contributed by atoms with Crippen LogP contribution in [-0.2, 0) is 0 Å². The Bertz CT molecular complexity index is 306. The van der Waals surface area contributed by atoms with Crippen LogP contribution in [0.5, 0.6) is 0 Å². The third-order valence-corrected chi connectivity index (χ3v) is 4.70.